The molecule has 142 valence electrons. The van der Waals surface area contributed by atoms with Crippen molar-refractivity contribution >= 4 is 26.6 Å². The van der Waals surface area contributed by atoms with Crippen molar-refractivity contribution in [2.45, 2.75) is 19.9 Å². The van der Waals surface area contributed by atoms with Crippen molar-refractivity contribution in [1.29, 1.82) is 0 Å². The van der Waals surface area contributed by atoms with Gasteiger partial charge in [0.15, 0.2) is 9.84 Å². The number of nitrogens with zero attached hydrogens (tertiary/aromatic N) is 1. The fraction of sp³-hybridized carbons (Fsp3) is 0.182. The van der Waals surface area contributed by atoms with Crippen molar-refractivity contribution in [3.05, 3.63) is 76.8 Å². The molecule has 2 aromatic carbocycles. The average Bonchev–Trinajstić information content (AvgIpc) is 3.01. The molecule has 1 amide bonds. The Hall–Kier alpha value is -2.99. The highest BCUT2D eigenvalue weighted by Gasteiger charge is 2.24. The topological polar surface area (TPSA) is 76.1 Å². The molecule has 6 heteroatoms. The Bertz CT molecular complexity index is 1230. The number of sulfone groups is 1. The number of pyridine rings is 1. The van der Waals surface area contributed by atoms with Crippen LogP contribution in [-0.4, -0.2) is 31.1 Å². The maximum absolute atomic E-state index is 12.8. The second-order valence-corrected chi connectivity index (χ2v) is 9.03. The van der Waals surface area contributed by atoms with E-state index in [0.717, 1.165) is 21.9 Å². The lowest BCUT2D eigenvalue weighted by Gasteiger charge is -2.14. The molecule has 4 rings (SSSR count). The standard InChI is InChI=1S/C22H20N2O3S/c1-14-5-6-16(12-15(14)2)18-7-8-20(21-19(18)4-3-10-23-21)22(25)24-17-9-11-28(26,27)13-17/h3-12,17H,13H2,1-2H3,(H,24,25)/t17-/m1/s1. The number of amides is 1. The molecule has 1 aliphatic rings. The molecule has 0 radical (unpaired) electrons. The molecule has 0 spiro atoms. The van der Waals surface area contributed by atoms with Gasteiger partial charge in [0, 0.05) is 17.0 Å². The fourth-order valence-corrected chi connectivity index (χ4v) is 4.66. The molecule has 0 aliphatic carbocycles. The van der Waals surface area contributed by atoms with Crippen LogP contribution in [0, 0.1) is 13.8 Å². The molecular weight excluding hydrogens is 372 g/mol. The van der Waals surface area contributed by atoms with Gasteiger partial charge in [0.1, 0.15) is 0 Å². The zero-order valence-corrected chi connectivity index (χ0v) is 16.5. The van der Waals surface area contributed by atoms with E-state index in [-0.39, 0.29) is 11.7 Å². The first-order valence-corrected chi connectivity index (χ1v) is 10.7. The lowest BCUT2D eigenvalue weighted by Crippen LogP contribution is -2.35. The first kappa shape index (κ1) is 18.4. The number of rotatable bonds is 3. The van der Waals surface area contributed by atoms with Crippen LogP contribution in [0.5, 0.6) is 0 Å². The van der Waals surface area contributed by atoms with Crippen LogP contribution in [0.1, 0.15) is 21.5 Å². The Morgan fingerprint density at radius 2 is 1.93 bits per heavy atom. The normalized spacial score (nSPS) is 17.7. The summed E-state index contributed by atoms with van der Waals surface area (Å²) in [6, 6.07) is 13.2. The zero-order valence-electron chi connectivity index (χ0n) is 15.6. The predicted octanol–water partition coefficient (Wildman–Crippen LogP) is 3.56. The molecule has 1 aliphatic heterocycles. The summed E-state index contributed by atoms with van der Waals surface area (Å²) in [6.07, 6.45) is 3.16. The lowest BCUT2D eigenvalue weighted by atomic mass is 9.95. The second-order valence-electron chi connectivity index (χ2n) is 7.10. The van der Waals surface area contributed by atoms with E-state index < -0.39 is 15.9 Å². The summed E-state index contributed by atoms with van der Waals surface area (Å²) in [5.41, 5.74) is 5.53. The minimum absolute atomic E-state index is 0.106. The number of aryl methyl sites for hydroxylation is 2. The average molecular weight is 392 g/mol. The van der Waals surface area contributed by atoms with Crippen LogP contribution in [0.4, 0.5) is 0 Å². The predicted molar refractivity (Wildman–Crippen MR) is 111 cm³/mol. The Balaban J connectivity index is 1.74. The molecule has 1 N–H and O–H groups in total. The number of fused-ring (bicyclic) bond motifs is 1. The number of carbonyl (C=O) groups excluding carboxylic acids is 1. The van der Waals surface area contributed by atoms with Gasteiger partial charge in [0.2, 0.25) is 0 Å². The fourth-order valence-electron chi connectivity index (χ4n) is 3.43. The van der Waals surface area contributed by atoms with E-state index in [1.807, 2.05) is 18.2 Å². The second kappa shape index (κ2) is 6.87. The van der Waals surface area contributed by atoms with E-state index in [1.54, 1.807) is 12.3 Å². The first-order valence-electron chi connectivity index (χ1n) is 9.01. The quantitative estimate of drug-likeness (QED) is 0.739. The van der Waals surface area contributed by atoms with E-state index in [4.69, 9.17) is 0 Å². The highest BCUT2D eigenvalue weighted by molar-refractivity contribution is 7.94. The van der Waals surface area contributed by atoms with Crippen molar-refractivity contribution in [3.8, 4) is 11.1 Å². The van der Waals surface area contributed by atoms with E-state index >= 15 is 0 Å². The summed E-state index contributed by atoms with van der Waals surface area (Å²) in [4.78, 5) is 17.2. The van der Waals surface area contributed by atoms with Crippen LogP contribution in [0.15, 0.2) is 60.1 Å². The molecule has 3 aromatic rings. The third-order valence-electron chi connectivity index (χ3n) is 5.08. The van der Waals surface area contributed by atoms with E-state index in [1.165, 1.54) is 17.2 Å². The van der Waals surface area contributed by atoms with Gasteiger partial charge in [-0.1, -0.05) is 30.3 Å². The highest BCUT2D eigenvalue weighted by Crippen LogP contribution is 2.31. The van der Waals surface area contributed by atoms with Crippen molar-refractivity contribution in [1.82, 2.24) is 10.3 Å². The molecule has 0 unspecified atom stereocenters. The van der Waals surface area contributed by atoms with Gasteiger partial charge < -0.3 is 5.32 Å². The van der Waals surface area contributed by atoms with Gasteiger partial charge in [0.05, 0.1) is 22.9 Å². The largest absolute Gasteiger partial charge is 0.345 e. The van der Waals surface area contributed by atoms with Crippen LogP contribution in [0.2, 0.25) is 0 Å². The number of carbonyl (C=O) groups is 1. The summed E-state index contributed by atoms with van der Waals surface area (Å²) in [5.74, 6) is -0.438. The van der Waals surface area contributed by atoms with Gasteiger partial charge in [-0.25, -0.2) is 8.42 Å². The Kier molecular flexibility index (Phi) is 4.51. The minimum Gasteiger partial charge on any atom is -0.345 e. The number of aromatic nitrogens is 1. The SMILES string of the molecule is Cc1ccc(-c2ccc(C(=O)N[C@@H]3C=CS(=O)(=O)C3)c3ncccc23)cc1C. The summed E-state index contributed by atoms with van der Waals surface area (Å²) >= 11 is 0. The summed E-state index contributed by atoms with van der Waals surface area (Å²) < 4.78 is 23.1. The molecule has 1 atom stereocenters. The van der Waals surface area contributed by atoms with Gasteiger partial charge in [0.25, 0.3) is 5.91 Å². The molecular formula is C22H20N2O3S. The van der Waals surface area contributed by atoms with Crippen molar-refractivity contribution < 1.29 is 13.2 Å². The van der Waals surface area contributed by atoms with Crippen molar-refractivity contribution in [2.75, 3.05) is 5.75 Å². The van der Waals surface area contributed by atoms with E-state index in [0.29, 0.717) is 11.1 Å². The minimum atomic E-state index is -3.23. The third-order valence-corrected chi connectivity index (χ3v) is 6.47. The van der Waals surface area contributed by atoms with Crippen molar-refractivity contribution in [3.63, 3.8) is 0 Å². The molecule has 28 heavy (non-hydrogen) atoms. The Morgan fingerprint density at radius 3 is 2.64 bits per heavy atom. The summed E-state index contributed by atoms with van der Waals surface area (Å²) in [7, 11) is -3.23. The van der Waals surface area contributed by atoms with Gasteiger partial charge in [-0.05, 0) is 54.3 Å². The maximum Gasteiger partial charge on any atom is 0.253 e. The Morgan fingerprint density at radius 1 is 1.11 bits per heavy atom. The zero-order chi connectivity index (χ0) is 19.9. The molecule has 0 fully saturated rings. The Labute approximate surface area is 164 Å². The summed E-state index contributed by atoms with van der Waals surface area (Å²) in [6.45, 7) is 4.15. The van der Waals surface area contributed by atoms with Crippen LogP contribution < -0.4 is 5.32 Å². The maximum atomic E-state index is 12.8. The van der Waals surface area contributed by atoms with Crippen LogP contribution in [0.3, 0.4) is 0 Å². The van der Waals surface area contributed by atoms with Gasteiger partial charge in [-0.3, -0.25) is 9.78 Å². The van der Waals surface area contributed by atoms with Gasteiger partial charge >= 0.3 is 0 Å². The molecule has 0 saturated carbocycles. The van der Waals surface area contributed by atoms with Gasteiger partial charge in [-0.2, -0.15) is 0 Å². The van der Waals surface area contributed by atoms with Gasteiger partial charge in [-0.15, -0.1) is 0 Å². The third kappa shape index (κ3) is 3.43. The smallest absolute Gasteiger partial charge is 0.253 e. The molecule has 5 nitrogen and oxygen atoms in total. The molecule has 0 saturated heterocycles. The summed E-state index contributed by atoms with van der Waals surface area (Å²) in [5, 5.41) is 4.81. The number of hydrogen-bond acceptors (Lipinski definition) is 4. The molecule has 2 heterocycles. The number of hydrogen-bond donors (Lipinski definition) is 1. The van der Waals surface area contributed by atoms with Crippen LogP contribution >= 0.6 is 0 Å². The molecule has 1 aromatic heterocycles. The number of nitrogens with one attached hydrogen (secondary N) is 1. The monoisotopic (exact) mass is 392 g/mol. The first-order chi connectivity index (χ1) is 13.3. The van der Waals surface area contributed by atoms with E-state index in [2.05, 4.69) is 42.3 Å². The lowest BCUT2D eigenvalue weighted by molar-refractivity contribution is 0.0949. The highest BCUT2D eigenvalue weighted by atomic mass is 32.2. The van der Waals surface area contributed by atoms with Crippen molar-refractivity contribution in [2.24, 2.45) is 0 Å². The van der Waals surface area contributed by atoms with Crippen LogP contribution in [-0.2, 0) is 9.84 Å². The van der Waals surface area contributed by atoms with E-state index in [9.17, 15) is 13.2 Å². The molecule has 0 bridgehead atoms. The van der Waals surface area contributed by atoms with Crippen LogP contribution in [0.25, 0.3) is 22.0 Å². The number of benzene rings is 2.